The quantitative estimate of drug-likeness (QED) is 0.641. The second-order valence-electron chi connectivity index (χ2n) is 4.17. The Kier molecular flexibility index (Phi) is 3.23. The van der Waals surface area contributed by atoms with Gasteiger partial charge in [0, 0.05) is 12.7 Å². The summed E-state index contributed by atoms with van der Waals surface area (Å²) in [5.41, 5.74) is 0.470. The second kappa shape index (κ2) is 4.67. The van der Waals surface area contributed by atoms with E-state index in [1.807, 2.05) is 6.92 Å². The lowest BCUT2D eigenvalue weighted by atomic mass is 10.1. The molecular formula is C11H15N3O3. The molecule has 2 unspecified atom stereocenters. The van der Waals surface area contributed by atoms with E-state index in [1.165, 1.54) is 6.07 Å². The maximum absolute atomic E-state index is 10.7. The third-order valence-electron chi connectivity index (χ3n) is 2.96. The van der Waals surface area contributed by atoms with E-state index in [1.54, 1.807) is 13.0 Å². The van der Waals surface area contributed by atoms with Crippen molar-refractivity contribution >= 4 is 11.5 Å². The Bertz CT molecular complexity index is 436. The van der Waals surface area contributed by atoms with E-state index in [9.17, 15) is 10.1 Å². The van der Waals surface area contributed by atoms with Crippen LogP contribution in [0.15, 0.2) is 12.1 Å². The van der Waals surface area contributed by atoms with Crippen molar-refractivity contribution in [1.29, 1.82) is 0 Å². The summed E-state index contributed by atoms with van der Waals surface area (Å²) >= 11 is 0. The van der Waals surface area contributed by atoms with Gasteiger partial charge in [0.25, 0.3) is 5.69 Å². The monoisotopic (exact) mass is 237 g/mol. The molecule has 0 bridgehead atoms. The van der Waals surface area contributed by atoms with Gasteiger partial charge in [0.2, 0.25) is 0 Å². The molecule has 0 spiro atoms. The van der Waals surface area contributed by atoms with Crippen molar-refractivity contribution in [1.82, 2.24) is 4.98 Å². The van der Waals surface area contributed by atoms with Gasteiger partial charge in [0.05, 0.1) is 17.1 Å². The Labute approximate surface area is 99.2 Å². The first kappa shape index (κ1) is 11.8. The summed E-state index contributed by atoms with van der Waals surface area (Å²) in [5, 5.41) is 13.9. The average Bonchev–Trinajstić information content (AvgIpc) is 2.64. The maximum atomic E-state index is 10.7. The molecule has 1 fully saturated rings. The van der Waals surface area contributed by atoms with E-state index in [-0.39, 0.29) is 17.8 Å². The van der Waals surface area contributed by atoms with Gasteiger partial charge in [-0.1, -0.05) is 0 Å². The van der Waals surface area contributed by atoms with Crippen molar-refractivity contribution < 1.29 is 9.66 Å². The highest BCUT2D eigenvalue weighted by Gasteiger charge is 2.24. The van der Waals surface area contributed by atoms with E-state index in [4.69, 9.17) is 4.74 Å². The summed E-state index contributed by atoms with van der Waals surface area (Å²) in [5.74, 6) is 0.662. The third kappa shape index (κ3) is 2.52. The minimum Gasteiger partial charge on any atom is -0.376 e. The summed E-state index contributed by atoms with van der Waals surface area (Å²) in [6.45, 7) is 4.38. The van der Waals surface area contributed by atoms with E-state index in [2.05, 4.69) is 10.3 Å². The summed E-state index contributed by atoms with van der Waals surface area (Å²) < 4.78 is 5.43. The molecule has 0 amide bonds. The molecule has 1 aromatic rings. The zero-order valence-corrected chi connectivity index (χ0v) is 9.84. The molecule has 2 atom stereocenters. The van der Waals surface area contributed by atoms with E-state index >= 15 is 0 Å². The number of hydrogen-bond donors (Lipinski definition) is 1. The molecule has 2 rings (SSSR count). The van der Waals surface area contributed by atoms with Crippen LogP contribution in [0.2, 0.25) is 0 Å². The highest BCUT2D eigenvalue weighted by atomic mass is 16.6. The fraction of sp³-hybridized carbons (Fsp3) is 0.545. The molecule has 1 aliphatic heterocycles. The van der Waals surface area contributed by atoms with Gasteiger partial charge in [-0.15, -0.1) is 0 Å². The lowest BCUT2D eigenvalue weighted by Gasteiger charge is -2.16. The maximum Gasteiger partial charge on any atom is 0.290 e. The van der Waals surface area contributed by atoms with Crippen LogP contribution in [0, 0.1) is 17.0 Å². The molecule has 1 N–H and O–H groups in total. The standard InChI is InChI=1S/C11H15N3O3/c1-7-10(14(15)16)3-4-11(12-7)13-9-5-6-17-8(9)2/h3-4,8-9H,5-6H2,1-2H3,(H,12,13). The van der Waals surface area contributed by atoms with E-state index in [0.717, 1.165) is 13.0 Å². The van der Waals surface area contributed by atoms with Crippen LogP contribution in [0.1, 0.15) is 19.0 Å². The Morgan fingerprint density at radius 3 is 2.88 bits per heavy atom. The molecule has 1 aliphatic rings. The van der Waals surface area contributed by atoms with Gasteiger partial charge in [-0.2, -0.15) is 0 Å². The largest absolute Gasteiger partial charge is 0.376 e. The first-order chi connectivity index (χ1) is 8.08. The van der Waals surface area contributed by atoms with Crippen molar-refractivity contribution in [2.24, 2.45) is 0 Å². The van der Waals surface area contributed by atoms with Crippen molar-refractivity contribution in [3.63, 3.8) is 0 Å². The normalized spacial score (nSPS) is 23.6. The number of nitrogens with zero attached hydrogens (tertiary/aromatic N) is 2. The van der Waals surface area contributed by atoms with Crippen LogP contribution in [0.3, 0.4) is 0 Å². The van der Waals surface area contributed by atoms with Crippen molar-refractivity contribution in [2.75, 3.05) is 11.9 Å². The zero-order chi connectivity index (χ0) is 12.4. The molecule has 17 heavy (non-hydrogen) atoms. The number of hydrogen-bond acceptors (Lipinski definition) is 5. The number of aryl methyl sites for hydroxylation is 1. The zero-order valence-electron chi connectivity index (χ0n) is 9.84. The second-order valence-corrected chi connectivity index (χ2v) is 4.17. The number of ether oxygens (including phenoxy) is 1. The first-order valence-corrected chi connectivity index (χ1v) is 5.58. The molecule has 0 saturated carbocycles. The van der Waals surface area contributed by atoms with Gasteiger partial charge in [-0.3, -0.25) is 10.1 Å². The Hall–Kier alpha value is -1.69. The van der Waals surface area contributed by atoms with Crippen LogP contribution in [-0.2, 0) is 4.74 Å². The number of anilines is 1. The third-order valence-corrected chi connectivity index (χ3v) is 2.96. The molecule has 6 nitrogen and oxygen atoms in total. The van der Waals surface area contributed by atoms with Crippen molar-refractivity contribution in [3.05, 3.63) is 27.9 Å². The molecule has 6 heteroatoms. The van der Waals surface area contributed by atoms with Gasteiger partial charge in [0.15, 0.2) is 0 Å². The summed E-state index contributed by atoms with van der Waals surface area (Å²) in [6, 6.07) is 3.34. The molecule has 2 heterocycles. The molecule has 0 radical (unpaired) electrons. The smallest absolute Gasteiger partial charge is 0.290 e. The first-order valence-electron chi connectivity index (χ1n) is 5.58. The number of nitrogens with one attached hydrogen (secondary N) is 1. The Morgan fingerprint density at radius 1 is 1.59 bits per heavy atom. The van der Waals surface area contributed by atoms with Crippen molar-refractivity contribution in [2.45, 2.75) is 32.4 Å². The molecular weight excluding hydrogens is 222 g/mol. The van der Waals surface area contributed by atoms with Crippen LogP contribution in [-0.4, -0.2) is 28.7 Å². The van der Waals surface area contributed by atoms with E-state index in [0.29, 0.717) is 11.5 Å². The topological polar surface area (TPSA) is 77.3 Å². The fourth-order valence-corrected chi connectivity index (χ4v) is 1.94. The predicted molar refractivity (Wildman–Crippen MR) is 63.1 cm³/mol. The molecule has 0 aromatic carbocycles. The van der Waals surface area contributed by atoms with Gasteiger partial charge in [-0.05, 0) is 26.3 Å². The average molecular weight is 237 g/mol. The lowest BCUT2D eigenvalue weighted by molar-refractivity contribution is -0.385. The molecule has 1 saturated heterocycles. The number of pyridine rings is 1. The summed E-state index contributed by atoms with van der Waals surface area (Å²) in [6.07, 6.45) is 1.08. The summed E-state index contributed by atoms with van der Waals surface area (Å²) in [7, 11) is 0. The van der Waals surface area contributed by atoms with Gasteiger partial charge in [-0.25, -0.2) is 4.98 Å². The van der Waals surface area contributed by atoms with E-state index < -0.39 is 4.92 Å². The van der Waals surface area contributed by atoms with Crippen LogP contribution < -0.4 is 5.32 Å². The predicted octanol–water partition coefficient (Wildman–Crippen LogP) is 1.89. The van der Waals surface area contributed by atoms with Crippen LogP contribution in [0.4, 0.5) is 11.5 Å². The molecule has 92 valence electrons. The summed E-state index contributed by atoms with van der Waals surface area (Å²) in [4.78, 5) is 14.4. The highest BCUT2D eigenvalue weighted by Crippen LogP contribution is 2.21. The van der Waals surface area contributed by atoms with Gasteiger partial charge in [0.1, 0.15) is 11.5 Å². The SMILES string of the molecule is Cc1nc(NC2CCOC2C)ccc1[N+](=O)[O-]. The van der Waals surface area contributed by atoms with Crippen molar-refractivity contribution in [3.8, 4) is 0 Å². The Morgan fingerprint density at radius 2 is 2.35 bits per heavy atom. The minimum absolute atomic E-state index is 0.0475. The van der Waals surface area contributed by atoms with Crippen LogP contribution >= 0.6 is 0 Å². The van der Waals surface area contributed by atoms with Crippen LogP contribution in [0.5, 0.6) is 0 Å². The van der Waals surface area contributed by atoms with Gasteiger partial charge >= 0.3 is 0 Å². The highest BCUT2D eigenvalue weighted by molar-refractivity contribution is 5.45. The lowest BCUT2D eigenvalue weighted by Crippen LogP contribution is -2.27. The fourth-order valence-electron chi connectivity index (χ4n) is 1.94. The number of aromatic nitrogens is 1. The Balaban J connectivity index is 2.12. The van der Waals surface area contributed by atoms with Crippen LogP contribution in [0.25, 0.3) is 0 Å². The molecule has 1 aromatic heterocycles. The minimum atomic E-state index is -0.423. The van der Waals surface area contributed by atoms with Gasteiger partial charge < -0.3 is 10.1 Å². The number of nitro groups is 1. The molecule has 0 aliphatic carbocycles. The number of rotatable bonds is 3.